The summed E-state index contributed by atoms with van der Waals surface area (Å²) in [4.78, 5) is 23.1. The van der Waals surface area contributed by atoms with Crippen LogP contribution < -0.4 is 5.32 Å². The van der Waals surface area contributed by atoms with Gasteiger partial charge < -0.3 is 5.32 Å². The Balaban J connectivity index is 2.04. The molecule has 1 saturated carbocycles. The molecule has 0 heterocycles. The maximum Gasteiger partial charge on any atom is 0.227 e. The highest BCUT2D eigenvalue weighted by atomic mass is 16.2. The highest BCUT2D eigenvalue weighted by Crippen LogP contribution is 2.37. The SMILES string of the molecule is CC(=O)c1cccc(NC(=O)C(C)C2CC2)c1. The third-order valence-corrected chi connectivity index (χ3v) is 3.28. The van der Waals surface area contributed by atoms with Crippen LogP contribution in [0.3, 0.4) is 0 Å². The van der Waals surface area contributed by atoms with E-state index in [0.29, 0.717) is 17.2 Å². The van der Waals surface area contributed by atoms with Crippen LogP contribution in [0, 0.1) is 11.8 Å². The van der Waals surface area contributed by atoms with Gasteiger partial charge in [-0.2, -0.15) is 0 Å². The standard InChI is InChI=1S/C14H17NO2/c1-9(11-6-7-11)14(17)15-13-5-3-4-12(8-13)10(2)16/h3-5,8-9,11H,6-7H2,1-2H3,(H,15,17). The van der Waals surface area contributed by atoms with Crippen molar-refractivity contribution >= 4 is 17.4 Å². The van der Waals surface area contributed by atoms with Crippen molar-refractivity contribution in [3.8, 4) is 0 Å². The Morgan fingerprint density at radius 2 is 2.06 bits per heavy atom. The summed E-state index contributed by atoms with van der Waals surface area (Å²) >= 11 is 0. The summed E-state index contributed by atoms with van der Waals surface area (Å²) < 4.78 is 0. The Bertz CT molecular complexity index is 449. The summed E-state index contributed by atoms with van der Waals surface area (Å²) in [6.45, 7) is 3.48. The number of hydrogen-bond acceptors (Lipinski definition) is 2. The zero-order valence-electron chi connectivity index (χ0n) is 10.2. The van der Waals surface area contributed by atoms with Crippen LogP contribution >= 0.6 is 0 Å². The van der Waals surface area contributed by atoms with E-state index in [-0.39, 0.29) is 17.6 Å². The van der Waals surface area contributed by atoms with Gasteiger partial charge in [-0.05, 0) is 37.8 Å². The fourth-order valence-corrected chi connectivity index (χ4v) is 1.88. The zero-order chi connectivity index (χ0) is 12.4. The minimum Gasteiger partial charge on any atom is -0.326 e. The summed E-state index contributed by atoms with van der Waals surface area (Å²) in [6, 6.07) is 7.07. The Labute approximate surface area is 101 Å². The molecule has 1 atom stereocenters. The third kappa shape index (κ3) is 2.93. The summed E-state index contributed by atoms with van der Waals surface area (Å²) in [6.07, 6.45) is 2.31. The molecule has 1 unspecified atom stereocenters. The van der Waals surface area contributed by atoms with Gasteiger partial charge in [0.05, 0.1) is 0 Å². The number of rotatable bonds is 4. The molecule has 0 aromatic heterocycles. The lowest BCUT2D eigenvalue weighted by atomic mass is 10.1. The second kappa shape index (κ2) is 4.70. The van der Waals surface area contributed by atoms with E-state index >= 15 is 0 Å². The fourth-order valence-electron chi connectivity index (χ4n) is 1.88. The van der Waals surface area contributed by atoms with Gasteiger partial charge in [0.15, 0.2) is 5.78 Å². The summed E-state index contributed by atoms with van der Waals surface area (Å²) in [5, 5.41) is 2.87. The van der Waals surface area contributed by atoms with Crippen molar-refractivity contribution < 1.29 is 9.59 Å². The average Bonchev–Trinajstić information content (AvgIpc) is 3.12. The molecule has 1 fully saturated rings. The zero-order valence-corrected chi connectivity index (χ0v) is 10.2. The van der Waals surface area contributed by atoms with Gasteiger partial charge in [-0.3, -0.25) is 9.59 Å². The monoisotopic (exact) mass is 231 g/mol. The first kappa shape index (κ1) is 11.8. The van der Waals surface area contributed by atoms with Crippen molar-refractivity contribution in [1.82, 2.24) is 0 Å². The second-order valence-corrected chi connectivity index (χ2v) is 4.75. The number of carbonyl (C=O) groups excluding carboxylic acids is 2. The molecule has 1 aliphatic rings. The molecule has 17 heavy (non-hydrogen) atoms. The molecule has 1 aromatic carbocycles. The van der Waals surface area contributed by atoms with E-state index in [1.807, 2.05) is 13.0 Å². The van der Waals surface area contributed by atoms with Gasteiger partial charge >= 0.3 is 0 Å². The van der Waals surface area contributed by atoms with E-state index < -0.39 is 0 Å². The molecular weight excluding hydrogens is 214 g/mol. The molecule has 1 amide bonds. The molecule has 90 valence electrons. The van der Waals surface area contributed by atoms with Crippen molar-refractivity contribution in [1.29, 1.82) is 0 Å². The Morgan fingerprint density at radius 1 is 1.35 bits per heavy atom. The number of benzene rings is 1. The van der Waals surface area contributed by atoms with E-state index in [1.54, 1.807) is 18.2 Å². The smallest absolute Gasteiger partial charge is 0.227 e. The fraction of sp³-hybridized carbons (Fsp3) is 0.429. The molecule has 0 bridgehead atoms. The molecule has 3 nitrogen and oxygen atoms in total. The number of nitrogens with one attached hydrogen (secondary N) is 1. The average molecular weight is 231 g/mol. The first-order valence-electron chi connectivity index (χ1n) is 6.00. The first-order valence-corrected chi connectivity index (χ1v) is 6.00. The molecule has 1 N–H and O–H groups in total. The molecule has 0 radical (unpaired) electrons. The van der Waals surface area contributed by atoms with E-state index in [9.17, 15) is 9.59 Å². The predicted molar refractivity (Wildman–Crippen MR) is 67.0 cm³/mol. The number of Topliss-reactive ketones (excluding diaryl/α,β-unsaturated/α-hetero) is 1. The molecule has 1 aliphatic carbocycles. The van der Waals surface area contributed by atoms with E-state index in [0.717, 1.165) is 12.8 Å². The molecule has 0 spiro atoms. The Morgan fingerprint density at radius 3 is 2.65 bits per heavy atom. The van der Waals surface area contributed by atoms with Gasteiger partial charge in [-0.1, -0.05) is 19.1 Å². The van der Waals surface area contributed by atoms with Gasteiger partial charge in [0.25, 0.3) is 0 Å². The van der Waals surface area contributed by atoms with Gasteiger partial charge in [-0.15, -0.1) is 0 Å². The molecular formula is C14H17NO2. The van der Waals surface area contributed by atoms with Crippen LogP contribution in [0.25, 0.3) is 0 Å². The van der Waals surface area contributed by atoms with Crippen LogP contribution in [0.4, 0.5) is 5.69 Å². The lowest BCUT2D eigenvalue weighted by Crippen LogP contribution is -2.21. The van der Waals surface area contributed by atoms with E-state index in [4.69, 9.17) is 0 Å². The summed E-state index contributed by atoms with van der Waals surface area (Å²) in [5.41, 5.74) is 1.33. The highest BCUT2D eigenvalue weighted by Gasteiger charge is 2.32. The van der Waals surface area contributed by atoms with Crippen LogP contribution in [0.1, 0.15) is 37.0 Å². The summed E-state index contributed by atoms with van der Waals surface area (Å²) in [7, 11) is 0. The van der Waals surface area contributed by atoms with Crippen molar-refractivity contribution in [3.05, 3.63) is 29.8 Å². The topological polar surface area (TPSA) is 46.2 Å². The molecule has 3 heteroatoms. The minimum atomic E-state index is 0.0105. The molecule has 2 rings (SSSR count). The molecule has 0 aliphatic heterocycles. The van der Waals surface area contributed by atoms with Crippen molar-refractivity contribution in [2.45, 2.75) is 26.7 Å². The van der Waals surface area contributed by atoms with E-state index in [2.05, 4.69) is 5.32 Å². The minimum absolute atomic E-state index is 0.0105. The number of hydrogen-bond donors (Lipinski definition) is 1. The largest absolute Gasteiger partial charge is 0.326 e. The van der Waals surface area contributed by atoms with E-state index in [1.165, 1.54) is 6.92 Å². The number of amides is 1. The second-order valence-electron chi connectivity index (χ2n) is 4.75. The van der Waals surface area contributed by atoms with Crippen molar-refractivity contribution in [3.63, 3.8) is 0 Å². The van der Waals surface area contributed by atoms with Crippen molar-refractivity contribution in [2.24, 2.45) is 11.8 Å². The van der Waals surface area contributed by atoms with Crippen molar-refractivity contribution in [2.75, 3.05) is 5.32 Å². The highest BCUT2D eigenvalue weighted by molar-refractivity contribution is 5.97. The normalized spacial score (nSPS) is 16.4. The molecule has 0 saturated heterocycles. The lowest BCUT2D eigenvalue weighted by Gasteiger charge is -2.11. The number of anilines is 1. The van der Waals surface area contributed by atoms with Crippen LogP contribution in [0.2, 0.25) is 0 Å². The lowest BCUT2D eigenvalue weighted by molar-refractivity contribution is -0.119. The first-order chi connectivity index (χ1) is 8.08. The Hall–Kier alpha value is -1.64. The molecule has 1 aromatic rings. The number of carbonyl (C=O) groups is 2. The van der Waals surface area contributed by atoms with Crippen LogP contribution in [0.5, 0.6) is 0 Å². The summed E-state index contributed by atoms with van der Waals surface area (Å²) in [5.74, 6) is 0.673. The van der Waals surface area contributed by atoms with Crippen LogP contribution in [-0.2, 0) is 4.79 Å². The quantitative estimate of drug-likeness (QED) is 0.810. The number of ketones is 1. The maximum atomic E-state index is 11.9. The van der Waals surface area contributed by atoms with Gasteiger partial charge in [0, 0.05) is 17.2 Å². The van der Waals surface area contributed by atoms with Crippen LogP contribution in [0.15, 0.2) is 24.3 Å². The van der Waals surface area contributed by atoms with Gasteiger partial charge in [0.1, 0.15) is 0 Å². The third-order valence-electron chi connectivity index (χ3n) is 3.28. The van der Waals surface area contributed by atoms with Gasteiger partial charge in [-0.25, -0.2) is 0 Å². The Kier molecular flexibility index (Phi) is 3.27. The predicted octanol–water partition coefficient (Wildman–Crippen LogP) is 2.87. The van der Waals surface area contributed by atoms with Gasteiger partial charge in [0.2, 0.25) is 5.91 Å². The maximum absolute atomic E-state index is 11.9. The van der Waals surface area contributed by atoms with Crippen LogP contribution in [-0.4, -0.2) is 11.7 Å².